The highest BCUT2D eigenvalue weighted by atomic mass is 35.5. The summed E-state index contributed by atoms with van der Waals surface area (Å²) in [6.45, 7) is 2.40. The van der Waals surface area contributed by atoms with Gasteiger partial charge in [0, 0.05) is 23.4 Å². The van der Waals surface area contributed by atoms with Crippen LogP contribution in [0.5, 0.6) is 5.88 Å². The maximum Gasteiger partial charge on any atom is 0.333 e. The van der Waals surface area contributed by atoms with Crippen LogP contribution < -0.4 is 10.1 Å². The smallest absolute Gasteiger partial charge is 0.333 e. The van der Waals surface area contributed by atoms with Crippen LogP contribution in [0.25, 0.3) is 0 Å². The van der Waals surface area contributed by atoms with Crippen molar-refractivity contribution >= 4 is 29.1 Å². The number of carboxylic acid groups (broad SMARTS) is 1. The Hall–Kier alpha value is -2.60. The summed E-state index contributed by atoms with van der Waals surface area (Å²) >= 11 is 6.19. The van der Waals surface area contributed by atoms with Crippen LogP contribution in [0.2, 0.25) is 5.02 Å². The van der Waals surface area contributed by atoms with Crippen molar-refractivity contribution in [2.24, 2.45) is 4.99 Å². The van der Waals surface area contributed by atoms with E-state index in [-0.39, 0.29) is 0 Å². The van der Waals surface area contributed by atoms with Gasteiger partial charge < -0.3 is 15.2 Å². The molecule has 3 rings (SSSR count). The monoisotopic (exact) mass is 331 g/mol. The number of aromatic nitrogens is 1. The molecule has 7 heteroatoms. The number of halogens is 1. The van der Waals surface area contributed by atoms with Crippen LogP contribution in [0.3, 0.4) is 0 Å². The molecule has 2 aromatic rings. The van der Waals surface area contributed by atoms with Crippen molar-refractivity contribution in [1.29, 1.82) is 0 Å². The number of nitrogens with zero attached hydrogens (tertiary/aromatic N) is 2. The molecule has 1 aliphatic rings. The van der Waals surface area contributed by atoms with Gasteiger partial charge in [0.15, 0.2) is 6.04 Å². The molecule has 1 aliphatic heterocycles. The van der Waals surface area contributed by atoms with Gasteiger partial charge in [-0.25, -0.2) is 14.8 Å². The van der Waals surface area contributed by atoms with Gasteiger partial charge in [-0.15, -0.1) is 0 Å². The van der Waals surface area contributed by atoms with E-state index in [1.165, 1.54) is 0 Å². The minimum atomic E-state index is -1.04. The standard InChI is InChI=1S/C16H14ClN3O3/c1-2-23-12-7-6-9(8-18-12)15-19-13-10(4-3-5-11(13)17)14(20-15)16(21)22/h3-8,14H,2H2,1H3,(H,19,20)(H,21,22). The van der Waals surface area contributed by atoms with E-state index >= 15 is 0 Å². The van der Waals surface area contributed by atoms with Crippen molar-refractivity contribution in [3.63, 3.8) is 0 Å². The highest BCUT2D eigenvalue weighted by Gasteiger charge is 2.29. The summed E-state index contributed by atoms with van der Waals surface area (Å²) in [6, 6.07) is 7.57. The lowest BCUT2D eigenvalue weighted by Crippen LogP contribution is -2.25. The summed E-state index contributed by atoms with van der Waals surface area (Å²) in [7, 11) is 0. The molecule has 2 heterocycles. The van der Waals surface area contributed by atoms with E-state index in [2.05, 4.69) is 15.3 Å². The van der Waals surface area contributed by atoms with Gasteiger partial charge in [0.2, 0.25) is 5.88 Å². The Kier molecular flexibility index (Phi) is 4.16. The van der Waals surface area contributed by atoms with Crippen molar-refractivity contribution in [1.82, 2.24) is 4.98 Å². The molecule has 1 aromatic heterocycles. The van der Waals surface area contributed by atoms with Crippen LogP contribution in [0.1, 0.15) is 24.1 Å². The Balaban J connectivity index is 2.00. The molecule has 0 aliphatic carbocycles. The van der Waals surface area contributed by atoms with E-state index in [1.807, 2.05) is 6.92 Å². The molecule has 0 saturated heterocycles. The van der Waals surface area contributed by atoms with Crippen LogP contribution in [-0.2, 0) is 4.79 Å². The third-order valence-electron chi connectivity index (χ3n) is 3.38. The van der Waals surface area contributed by atoms with Crippen molar-refractivity contribution in [3.8, 4) is 5.88 Å². The second kappa shape index (κ2) is 6.26. The van der Waals surface area contributed by atoms with Crippen LogP contribution in [-0.4, -0.2) is 28.5 Å². The number of carboxylic acids is 1. The van der Waals surface area contributed by atoms with Gasteiger partial charge in [0.05, 0.1) is 17.3 Å². The number of fused-ring (bicyclic) bond motifs is 1. The molecule has 0 fully saturated rings. The van der Waals surface area contributed by atoms with Gasteiger partial charge in [-0.2, -0.15) is 0 Å². The molecule has 0 radical (unpaired) electrons. The average molecular weight is 332 g/mol. The van der Waals surface area contributed by atoms with E-state index in [4.69, 9.17) is 16.3 Å². The summed E-state index contributed by atoms with van der Waals surface area (Å²) in [4.78, 5) is 20.0. The minimum Gasteiger partial charge on any atom is -0.479 e. The maximum absolute atomic E-state index is 11.5. The number of anilines is 1. The zero-order valence-electron chi connectivity index (χ0n) is 12.3. The van der Waals surface area contributed by atoms with Gasteiger partial charge in [-0.1, -0.05) is 23.7 Å². The van der Waals surface area contributed by atoms with Gasteiger partial charge in [0.25, 0.3) is 0 Å². The second-order valence-electron chi connectivity index (χ2n) is 4.87. The van der Waals surface area contributed by atoms with Crippen molar-refractivity contribution in [2.45, 2.75) is 13.0 Å². The van der Waals surface area contributed by atoms with Crippen LogP contribution in [0, 0.1) is 0 Å². The fourth-order valence-corrected chi connectivity index (χ4v) is 2.57. The van der Waals surface area contributed by atoms with Gasteiger partial charge in [-0.05, 0) is 19.1 Å². The third kappa shape index (κ3) is 2.98. The number of rotatable bonds is 4. The Morgan fingerprint density at radius 2 is 2.22 bits per heavy atom. The van der Waals surface area contributed by atoms with Crippen LogP contribution >= 0.6 is 11.6 Å². The first-order valence-electron chi connectivity index (χ1n) is 7.05. The molecule has 1 atom stereocenters. The van der Waals surface area contributed by atoms with E-state index in [9.17, 15) is 9.90 Å². The Bertz CT molecular complexity index is 775. The first kappa shape index (κ1) is 15.3. The summed E-state index contributed by atoms with van der Waals surface area (Å²) < 4.78 is 5.30. The lowest BCUT2D eigenvalue weighted by atomic mass is 10.0. The average Bonchev–Trinajstić information content (AvgIpc) is 2.55. The minimum absolute atomic E-state index is 0.411. The molecule has 1 aromatic carbocycles. The molecule has 6 nitrogen and oxygen atoms in total. The fraction of sp³-hybridized carbons (Fsp3) is 0.188. The van der Waals surface area contributed by atoms with Crippen LogP contribution in [0.15, 0.2) is 41.5 Å². The molecule has 0 saturated carbocycles. The van der Waals surface area contributed by atoms with Gasteiger partial charge in [-0.3, -0.25) is 0 Å². The first-order chi connectivity index (χ1) is 11.1. The van der Waals surface area contributed by atoms with E-state index in [1.54, 1.807) is 36.5 Å². The quantitative estimate of drug-likeness (QED) is 0.899. The second-order valence-corrected chi connectivity index (χ2v) is 5.27. The zero-order chi connectivity index (χ0) is 16.4. The number of aliphatic imine (C=N–C) groups is 1. The number of hydrogen-bond donors (Lipinski definition) is 2. The Morgan fingerprint density at radius 1 is 1.39 bits per heavy atom. The maximum atomic E-state index is 11.5. The number of nitrogens with one attached hydrogen (secondary N) is 1. The van der Waals surface area contributed by atoms with E-state index in [0.29, 0.717) is 40.2 Å². The number of para-hydroxylation sites is 1. The number of aliphatic carboxylic acids is 1. The molecule has 0 spiro atoms. The molecular formula is C16H14ClN3O3. The highest BCUT2D eigenvalue weighted by Crippen LogP contribution is 2.36. The fourth-order valence-electron chi connectivity index (χ4n) is 2.34. The highest BCUT2D eigenvalue weighted by molar-refractivity contribution is 6.34. The number of carbonyl (C=O) groups is 1. The first-order valence-corrected chi connectivity index (χ1v) is 7.43. The predicted molar refractivity (Wildman–Crippen MR) is 87.4 cm³/mol. The molecule has 0 bridgehead atoms. The number of hydrogen-bond acceptors (Lipinski definition) is 5. The molecule has 2 N–H and O–H groups in total. The lowest BCUT2D eigenvalue weighted by molar-refractivity contribution is -0.138. The number of benzene rings is 1. The third-order valence-corrected chi connectivity index (χ3v) is 3.69. The Labute approximate surface area is 137 Å². The predicted octanol–water partition coefficient (Wildman–Crippen LogP) is 3.13. The zero-order valence-corrected chi connectivity index (χ0v) is 13.0. The lowest BCUT2D eigenvalue weighted by Gasteiger charge is -2.23. The summed E-state index contributed by atoms with van der Waals surface area (Å²) in [5, 5.41) is 13.0. The van der Waals surface area contributed by atoms with Gasteiger partial charge >= 0.3 is 5.97 Å². The molecule has 118 valence electrons. The summed E-state index contributed by atoms with van der Waals surface area (Å²) in [5.74, 6) is -0.124. The van der Waals surface area contributed by atoms with Crippen LogP contribution in [0.4, 0.5) is 5.69 Å². The summed E-state index contributed by atoms with van der Waals surface area (Å²) in [6.07, 6.45) is 1.58. The Morgan fingerprint density at radius 3 is 2.87 bits per heavy atom. The van der Waals surface area contributed by atoms with Crippen molar-refractivity contribution < 1.29 is 14.6 Å². The van der Waals surface area contributed by atoms with Crippen molar-refractivity contribution in [3.05, 3.63) is 52.7 Å². The molecular weight excluding hydrogens is 318 g/mol. The van der Waals surface area contributed by atoms with E-state index < -0.39 is 12.0 Å². The number of pyridine rings is 1. The number of amidine groups is 1. The van der Waals surface area contributed by atoms with E-state index in [0.717, 1.165) is 0 Å². The SMILES string of the molecule is CCOc1ccc(C2=NC(C(=O)O)c3cccc(Cl)c3N2)cn1. The summed E-state index contributed by atoms with van der Waals surface area (Å²) in [5.41, 5.74) is 1.75. The topological polar surface area (TPSA) is 83.8 Å². The molecule has 0 amide bonds. The molecule has 1 unspecified atom stereocenters. The van der Waals surface area contributed by atoms with Gasteiger partial charge in [0.1, 0.15) is 5.84 Å². The molecule has 23 heavy (non-hydrogen) atoms. The van der Waals surface area contributed by atoms with Crippen molar-refractivity contribution in [2.75, 3.05) is 11.9 Å². The largest absolute Gasteiger partial charge is 0.479 e. The normalized spacial score (nSPS) is 16.1. The number of ether oxygens (including phenoxy) is 1.